The Balaban J connectivity index is 1.58. The van der Waals surface area contributed by atoms with Crippen LogP contribution in [-0.4, -0.2) is 12.6 Å². The molecule has 1 N–H and O–H groups in total. The molecular weight excluding hydrogens is 401 g/mol. The Kier molecular flexibility index (Phi) is 8.45. The number of hydrogen-bond donors (Lipinski definition) is 1. The second-order valence-electron chi connectivity index (χ2n) is 7.52. The van der Waals surface area contributed by atoms with E-state index in [1.54, 1.807) is 13.0 Å². The molecule has 3 rings (SSSR count). The van der Waals surface area contributed by atoms with Crippen molar-refractivity contribution in [3.05, 3.63) is 100 Å². The van der Waals surface area contributed by atoms with Crippen molar-refractivity contribution < 1.29 is 13.9 Å². The van der Waals surface area contributed by atoms with Crippen molar-refractivity contribution in [1.82, 2.24) is 0 Å². The zero-order valence-corrected chi connectivity index (χ0v) is 18.6. The third-order valence-corrected chi connectivity index (χ3v) is 5.04. The third-order valence-electron chi connectivity index (χ3n) is 5.04. The van der Waals surface area contributed by atoms with Gasteiger partial charge in [-0.2, -0.15) is 0 Å². The molecule has 0 bridgehead atoms. The minimum atomic E-state index is -0.660. The average Bonchev–Trinajstić information content (AvgIpc) is 2.82. The molecule has 0 aliphatic carbocycles. The molecular formula is C28H28FNO2. The highest BCUT2D eigenvalue weighted by molar-refractivity contribution is 5.90. The predicted octanol–water partition coefficient (Wildman–Crippen LogP) is 6.36. The summed E-state index contributed by atoms with van der Waals surface area (Å²) in [4.78, 5) is 11.8. The number of unbranched alkanes of at least 4 members (excludes halogenated alkanes) is 1. The van der Waals surface area contributed by atoms with Crippen LogP contribution in [0, 0.1) is 17.7 Å². The first kappa shape index (κ1) is 23.1. The SMILES string of the molecule is CCCCc1ccc(C#Cc2ccc(CNc3ccc(F)c(C(=O)OCC)c3)cc2)cc1. The van der Waals surface area contributed by atoms with E-state index in [0.29, 0.717) is 12.2 Å². The monoisotopic (exact) mass is 429 g/mol. The first-order valence-corrected chi connectivity index (χ1v) is 11.0. The van der Waals surface area contributed by atoms with Crippen LogP contribution in [-0.2, 0) is 17.7 Å². The first-order valence-electron chi connectivity index (χ1n) is 11.0. The Bertz CT molecular complexity index is 1090. The lowest BCUT2D eigenvalue weighted by Crippen LogP contribution is -2.08. The van der Waals surface area contributed by atoms with Crippen LogP contribution in [0.5, 0.6) is 0 Å². The molecule has 3 aromatic carbocycles. The molecule has 32 heavy (non-hydrogen) atoms. The van der Waals surface area contributed by atoms with Crippen LogP contribution in [0.1, 0.15) is 59.3 Å². The maximum absolute atomic E-state index is 13.9. The number of aryl methyl sites for hydroxylation is 1. The van der Waals surface area contributed by atoms with E-state index in [2.05, 4.69) is 48.3 Å². The van der Waals surface area contributed by atoms with Crippen LogP contribution in [0.2, 0.25) is 0 Å². The van der Waals surface area contributed by atoms with Gasteiger partial charge < -0.3 is 10.1 Å². The fourth-order valence-corrected chi connectivity index (χ4v) is 3.19. The highest BCUT2D eigenvalue weighted by Gasteiger charge is 2.13. The Hall–Kier alpha value is -3.58. The zero-order valence-electron chi connectivity index (χ0n) is 18.6. The summed E-state index contributed by atoms with van der Waals surface area (Å²) in [7, 11) is 0. The Morgan fingerprint density at radius 3 is 2.12 bits per heavy atom. The van der Waals surface area contributed by atoms with Gasteiger partial charge in [-0.15, -0.1) is 0 Å². The molecule has 0 fully saturated rings. The number of nitrogens with one attached hydrogen (secondary N) is 1. The lowest BCUT2D eigenvalue weighted by Gasteiger charge is -2.09. The summed E-state index contributed by atoms with van der Waals surface area (Å²) in [6.07, 6.45) is 3.52. The Labute approximate surface area is 189 Å². The summed E-state index contributed by atoms with van der Waals surface area (Å²) in [5.41, 5.74) is 4.93. The maximum atomic E-state index is 13.9. The van der Waals surface area contributed by atoms with Gasteiger partial charge in [0.25, 0.3) is 0 Å². The largest absolute Gasteiger partial charge is 0.462 e. The number of ether oxygens (including phenoxy) is 1. The van der Waals surface area contributed by atoms with Crippen molar-refractivity contribution >= 4 is 11.7 Å². The normalized spacial score (nSPS) is 10.2. The Morgan fingerprint density at radius 1 is 0.906 bits per heavy atom. The number of carbonyl (C=O) groups is 1. The fourth-order valence-electron chi connectivity index (χ4n) is 3.19. The summed E-state index contributed by atoms with van der Waals surface area (Å²) >= 11 is 0. The van der Waals surface area contributed by atoms with Gasteiger partial charge in [-0.05, 0) is 73.4 Å². The molecule has 0 aliphatic heterocycles. The van der Waals surface area contributed by atoms with Gasteiger partial charge in [0.2, 0.25) is 0 Å². The number of halogens is 1. The van der Waals surface area contributed by atoms with Crippen molar-refractivity contribution in [2.24, 2.45) is 0 Å². The van der Waals surface area contributed by atoms with E-state index < -0.39 is 11.8 Å². The smallest absolute Gasteiger partial charge is 0.341 e. The molecule has 0 radical (unpaired) electrons. The number of esters is 1. The summed E-state index contributed by atoms with van der Waals surface area (Å²) in [5.74, 6) is 5.16. The van der Waals surface area contributed by atoms with Crippen LogP contribution in [0.3, 0.4) is 0 Å². The highest BCUT2D eigenvalue weighted by Crippen LogP contribution is 2.17. The van der Waals surface area contributed by atoms with Crippen molar-refractivity contribution in [2.45, 2.75) is 39.7 Å². The van der Waals surface area contributed by atoms with Crippen LogP contribution < -0.4 is 5.32 Å². The van der Waals surface area contributed by atoms with Gasteiger partial charge in [-0.1, -0.05) is 49.5 Å². The van der Waals surface area contributed by atoms with E-state index in [0.717, 1.165) is 23.1 Å². The van der Waals surface area contributed by atoms with Crippen LogP contribution in [0.25, 0.3) is 0 Å². The molecule has 0 amide bonds. The number of rotatable bonds is 8. The fraction of sp³-hybridized carbons (Fsp3) is 0.250. The van der Waals surface area contributed by atoms with Gasteiger partial charge in [0.1, 0.15) is 5.82 Å². The summed E-state index contributed by atoms with van der Waals surface area (Å²) in [6, 6.07) is 20.8. The van der Waals surface area contributed by atoms with E-state index in [1.165, 1.54) is 30.5 Å². The first-order chi connectivity index (χ1) is 15.6. The van der Waals surface area contributed by atoms with Crippen LogP contribution >= 0.6 is 0 Å². The molecule has 0 saturated heterocycles. The molecule has 0 aliphatic rings. The van der Waals surface area contributed by atoms with Gasteiger partial charge in [-0.3, -0.25) is 0 Å². The van der Waals surface area contributed by atoms with Gasteiger partial charge in [-0.25, -0.2) is 9.18 Å². The molecule has 0 unspecified atom stereocenters. The summed E-state index contributed by atoms with van der Waals surface area (Å²) < 4.78 is 18.8. The summed E-state index contributed by atoms with van der Waals surface area (Å²) in [5, 5.41) is 3.21. The van der Waals surface area contributed by atoms with Gasteiger partial charge in [0, 0.05) is 23.4 Å². The van der Waals surface area contributed by atoms with Crippen molar-refractivity contribution in [3.8, 4) is 11.8 Å². The molecule has 0 heterocycles. The lowest BCUT2D eigenvalue weighted by atomic mass is 10.1. The molecule has 3 nitrogen and oxygen atoms in total. The Morgan fingerprint density at radius 2 is 1.53 bits per heavy atom. The molecule has 0 saturated carbocycles. The van der Waals surface area contributed by atoms with Crippen molar-refractivity contribution in [2.75, 3.05) is 11.9 Å². The number of carbonyl (C=O) groups excluding carboxylic acids is 1. The second kappa shape index (κ2) is 11.7. The number of hydrogen-bond acceptors (Lipinski definition) is 3. The number of benzene rings is 3. The van der Waals surface area contributed by atoms with E-state index in [1.807, 2.05) is 24.3 Å². The zero-order chi connectivity index (χ0) is 22.8. The van der Waals surface area contributed by atoms with E-state index >= 15 is 0 Å². The minimum absolute atomic E-state index is 0.0686. The highest BCUT2D eigenvalue weighted by atomic mass is 19.1. The lowest BCUT2D eigenvalue weighted by molar-refractivity contribution is 0.0521. The molecule has 3 aromatic rings. The second-order valence-corrected chi connectivity index (χ2v) is 7.52. The molecule has 164 valence electrons. The quantitative estimate of drug-likeness (QED) is 0.335. The van der Waals surface area contributed by atoms with Gasteiger partial charge >= 0.3 is 5.97 Å². The molecule has 0 spiro atoms. The van der Waals surface area contributed by atoms with E-state index in [9.17, 15) is 9.18 Å². The van der Waals surface area contributed by atoms with Crippen molar-refractivity contribution in [3.63, 3.8) is 0 Å². The summed E-state index contributed by atoms with van der Waals surface area (Å²) in [6.45, 7) is 4.64. The van der Waals surface area contributed by atoms with Crippen LogP contribution in [0.15, 0.2) is 66.7 Å². The standard InChI is InChI=1S/C28H28FNO2/c1-3-5-6-21-7-9-22(10-8-21)11-12-23-13-15-24(16-14-23)20-30-25-17-18-27(29)26(19-25)28(31)32-4-2/h7-10,13-19,30H,3-6,20H2,1-2H3. The van der Waals surface area contributed by atoms with E-state index in [4.69, 9.17) is 4.74 Å². The molecule has 4 heteroatoms. The van der Waals surface area contributed by atoms with E-state index in [-0.39, 0.29) is 12.2 Å². The average molecular weight is 430 g/mol. The molecule has 0 atom stereocenters. The molecule has 0 aromatic heterocycles. The maximum Gasteiger partial charge on any atom is 0.341 e. The third kappa shape index (κ3) is 6.72. The topological polar surface area (TPSA) is 38.3 Å². The predicted molar refractivity (Wildman–Crippen MR) is 127 cm³/mol. The van der Waals surface area contributed by atoms with Crippen molar-refractivity contribution in [1.29, 1.82) is 0 Å². The van der Waals surface area contributed by atoms with Gasteiger partial charge in [0.15, 0.2) is 0 Å². The van der Waals surface area contributed by atoms with Crippen LogP contribution in [0.4, 0.5) is 10.1 Å². The van der Waals surface area contributed by atoms with Gasteiger partial charge in [0.05, 0.1) is 12.2 Å². The minimum Gasteiger partial charge on any atom is -0.462 e. The number of anilines is 1.